The number of β-lactam (4-membered cyclic amide) rings is 1. The van der Waals surface area contributed by atoms with E-state index in [1.807, 2.05) is 16.7 Å². The van der Waals surface area contributed by atoms with Gasteiger partial charge in [-0.2, -0.15) is 0 Å². The first-order valence-electron chi connectivity index (χ1n) is 9.95. The molecule has 2 aliphatic rings. The molecular weight excluding hydrogens is 393 g/mol. The van der Waals surface area contributed by atoms with Gasteiger partial charge in [0.15, 0.2) is 0 Å². The highest BCUT2D eigenvalue weighted by atomic mass is 32.2. The Hall–Kier alpha value is -2.35. The van der Waals surface area contributed by atoms with Crippen LogP contribution in [0, 0.1) is 0 Å². The van der Waals surface area contributed by atoms with Gasteiger partial charge < -0.3 is 4.90 Å². The van der Waals surface area contributed by atoms with Gasteiger partial charge in [0.2, 0.25) is 5.91 Å². The number of amides is 1. The fourth-order valence-electron chi connectivity index (χ4n) is 4.29. The Kier molecular flexibility index (Phi) is 5.03. The Balaban J connectivity index is 1.69. The lowest BCUT2D eigenvalue weighted by atomic mass is 10.2. The molecular formula is C25H23NOPS+. The Labute approximate surface area is 177 Å². The largest absolute Gasteiger partial charge is 0.306 e. The minimum Gasteiger partial charge on any atom is -0.306 e. The van der Waals surface area contributed by atoms with Gasteiger partial charge in [0.05, 0.1) is 18.0 Å². The number of carbonyl (C=O) groups excluding carboxylic acids is 1. The zero-order valence-electron chi connectivity index (χ0n) is 16.1. The van der Waals surface area contributed by atoms with Crippen molar-refractivity contribution >= 4 is 40.8 Å². The predicted molar refractivity (Wildman–Crippen MR) is 126 cm³/mol. The summed E-state index contributed by atoms with van der Waals surface area (Å²) in [4.78, 5) is 14.0. The first kappa shape index (κ1) is 18.7. The number of nitrogens with zero attached hydrogens (tertiary/aromatic N) is 1. The molecule has 5 rings (SSSR count). The topological polar surface area (TPSA) is 20.3 Å². The van der Waals surface area contributed by atoms with Gasteiger partial charge in [-0.15, -0.1) is 11.8 Å². The minimum absolute atomic E-state index is 0.253. The van der Waals surface area contributed by atoms with E-state index in [1.165, 1.54) is 21.5 Å². The van der Waals surface area contributed by atoms with E-state index in [2.05, 4.69) is 97.2 Å². The number of hydrogen-bond donors (Lipinski definition) is 0. The third-order valence-electron chi connectivity index (χ3n) is 5.76. The molecule has 1 saturated heterocycles. The Morgan fingerprint density at radius 1 is 0.793 bits per heavy atom. The maximum Gasteiger partial charge on any atom is 0.230 e. The first-order valence-corrected chi connectivity index (χ1v) is 13.0. The summed E-state index contributed by atoms with van der Waals surface area (Å²) in [5.74, 6) is 1.26. The second kappa shape index (κ2) is 7.82. The molecule has 0 saturated carbocycles. The summed E-state index contributed by atoms with van der Waals surface area (Å²) in [6, 6.07) is 32.8. The van der Waals surface area contributed by atoms with Crippen molar-refractivity contribution < 1.29 is 4.79 Å². The maximum atomic E-state index is 12.1. The van der Waals surface area contributed by atoms with Crippen LogP contribution in [0.1, 0.15) is 6.42 Å². The van der Waals surface area contributed by atoms with Crippen molar-refractivity contribution in [1.82, 2.24) is 4.90 Å². The standard InChI is InChI=1S/C25H23NOPS/c27-24-16-25-26(24)17-20(19-29-25)18-28(21-10-4-1-5-11-21,22-12-6-2-7-13-22)23-14-8-3-9-15-23/h1-15,17,25H,16,18-19H2/q+1. The molecule has 2 nitrogen and oxygen atoms in total. The molecule has 2 heterocycles. The number of rotatable bonds is 5. The monoisotopic (exact) mass is 416 g/mol. The van der Waals surface area contributed by atoms with Gasteiger partial charge in [-0.05, 0) is 42.0 Å². The molecule has 29 heavy (non-hydrogen) atoms. The maximum absolute atomic E-state index is 12.1. The van der Waals surface area contributed by atoms with Gasteiger partial charge in [0.1, 0.15) is 23.2 Å². The van der Waals surface area contributed by atoms with E-state index in [1.54, 1.807) is 0 Å². The molecule has 0 spiro atoms. The van der Waals surface area contributed by atoms with E-state index in [0.717, 1.165) is 11.9 Å². The molecule has 1 unspecified atom stereocenters. The first-order chi connectivity index (χ1) is 14.3. The average Bonchev–Trinajstić information content (AvgIpc) is 2.79. The van der Waals surface area contributed by atoms with Crippen molar-refractivity contribution in [2.45, 2.75) is 11.8 Å². The van der Waals surface area contributed by atoms with Gasteiger partial charge in [-0.3, -0.25) is 4.79 Å². The van der Waals surface area contributed by atoms with Crippen molar-refractivity contribution in [1.29, 1.82) is 0 Å². The predicted octanol–water partition coefficient (Wildman–Crippen LogP) is 4.17. The third-order valence-corrected chi connectivity index (χ3v) is 11.5. The smallest absolute Gasteiger partial charge is 0.230 e. The molecule has 3 aromatic rings. The molecule has 0 bridgehead atoms. The van der Waals surface area contributed by atoms with Crippen LogP contribution in [0.25, 0.3) is 0 Å². The highest BCUT2D eigenvalue weighted by Crippen LogP contribution is 2.57. The average molecular weight is 417 g/mol. The SMILES string of the molecule is O=C1CC2SCC(C[P+](c3ccccc3)(c3ccccc3)c3ccccc3)=CN12. The molecule has 0 aromatic heterocycles. The van der Waals surface area contributed by atoms with Crippen molar-refractivity contribution in [3.8, 4) is 0 Å². The van der Waals surface area contributed by atoms with Gasteiger partial charge in [-0.25, -0.2) is 0 Å². The highest BCUT2D eigenvalue weighted by molar-refractivity contribution is 8.00. The van der Waals surface area contributed by atoms with Crippen LogP contribution < -0.4 is 15.9 Å². The number of benzene rings is 3. The van der Waals surface area contributed by atoms with Crippen LogP contribution in [-0.2, 0) is 4.79 Å². The summed E-state index contributed by atoms with van der Waals surface area (Å²) < 4.78 is 0. The summed E-state index contributed by atoms with van der Waals surface area (Å²) >= 11 is 1.91. The van der Waals surface area contributed by atoms with E-state index in [4.69, 9.17) is 0 Å². The zero-order chi connectivity index (χ0) is 19.7. The molecule has 4 heteroatoms. The van der Waals surface area contributed by atoms with E-state index in [9.17, 15) is 4.79 Å². The van der Waals surface area contributed by atoms with Gasteiger partial charge >= 0.3 is 0 Å². The van der Waals surface area contributed by atoms with Gasteiger partial charge in [0, 0.05) is 12.0 Å². The van der Waals surface area contributed by atoms with Crippen LogP contribution in [-0.4, -0.2) is 28.1 Å². The molecule has 0 radical (unpaired) electrons. The minimum atomic E-state index is -1.88. The normalized spacial score (nSPS) is 18.6. The Morgan fingerprint density at radius 3 is 1.72 bits per heavy atom. The number of hydrogen-bond acceptors (Lipinski definition) is 2. The number of thioether (sulfide) groups is 1. The summed E-state index contributed by atoms with van der Waals surface area (Å²) in [7, 11) is -1.88. The molecule has 1 fully saturated rings. The second-order valence-electron chi connectivity index (χ2n) is 7.53. The third kappa shape index (κ3) is 3.33. The van der Waals surface area contributed by atoms with Crippen LogP contribution in [0.5, 0.6) is 0 Å². The lowest BCUT2D eigenvalue weighted by Gasteiger charge is -2.41. The van der Waals surface area contributed by atoms with Crippen molar-refractivity contribution in [2.24, 2.45) is 0 Å². The molecule has 1 atom stereocenters. The van der Waals surface area contributed by atoms with Crippen LogP contribution in [0.15, 0.2) is 103 Å². The summed E-state index contributed by atoms with van der Waals surface area (Å²) in [5.41, 5.74) is 1.36. The quantitative estimate of drug-likeness (QED) is 0.460. The van der Waals surface area contributed by atoms with Crippen molar-refractivity contribution in [3.05, 3.63) is 103 Å². The number of carbonyl (C=O) groups is 1. The van der Waals surface area contributed by atoms with Crippen LogP contribution in [0.3, 0.4) is 0 Å². The van der Waals surface area contributed by atoms with E-state index in [-0.39, 0.29) is 5.91 Å². The molecule has 3 aromatic carbocycles. The van der Waals surface area contributed by atoms with Gasteiger partial charge in [0.25, 0.3) is 0 Å². The molecule has 0 aliphatic carbocycles. The van der Waals surface area contributed by atoms with Crippen LogP contribution >= 0.6 is 19.0 Å². The van der Waals surface area contributed by atoms with Crippen molar-refractivity contribution in [2.75, 3.05) is 11.9 Å². The van der Waals surface area contributed by atoms with Crippen LogP contribution in [0.2, 0.25) is 0 Å². The zero-order valence-corrected chi connectivity index (χ0v) is 17.9. The number of fused-ring (bicyclic) bond motifs is 1. The molecule has 1 amide bonds. The summed E-state index contributed by atoms with van der Waals surface area (Å²) in [6.45, 7) is 0. The fourth-order valence-corrected chi connectivity index (χ4v) is 9.91. The van der Waals surface area contributed by atoms with Crippen molar-refractivity contribution in [3.63, 3.8) is 0 Å². The van der Waals surface area contributed by atoms with E-state index in [0.29, 0.717) is 11.8 Å². The lowest BCUT2D eigenvalue weighted by Crippen LogP contribution is -2.49. The highest BCUT2D eigenvalue weighted by Gasteiger charge is 2.47. The van der Waals surface area contributed by atoms with E-state index >= 15 is 0 Å². The molecule has 144 valence electrons. The lowest BCUT2D eigenvalue weighted by molar-refractivity contribution is -0.137. The fraction of sp³-hybridized carbons (Fsp3) is 0.160. The van der Waals surface area contributed by atoms with Gasteiger partial charge in [-0.1, -0.05) is 54.6 Å². The summed E-state index contributed by atoms with van der Waals surface area (Å²) in [6.07, 6.45) is 3.80. The van der Waals surface area contributed by atoms with E-state index < -0.39 is 7.26 Å². The van der Waals surface area contributed by atoms with Crippen LogP contribution in [0.4, 0.5) is 0 Å². The Bertz CT molecular complexity index is 940. The molecule has 2 aliphatic heterocycles. The molecule has 0 N–H and O–H groups in total. The second-order valence-corrected chi connectivity index (χ2v) is 12.2. The summed E-state index contributed by atoms with van der Waals surface area (Å²) in [5, 5.41) is 4.52. The Morgan fingerprint density at radius 2 is 1.28 bits per heavy atom.